The quantitative estimate of drug-likeness (QED) is 0.594. The predicted octanol–water partition coefficient (Wildman–Crippen LogP) is 3.83. The van der Waals surface area contributed by atoms with E-state index in [1.54, 1.807) is 0 Å². The van der Waals surface area contributed by atoms with Gasteiger partial charge in [-0.3, -0.25) is 4.79 Å². The number of anilines is 1. The summed E-state index contributed by atoms with van der Waals surface area (Å²) in [6.07, 6.45) is 5.61. The highest BCUT2D eigenvalue weighted by atomic mass is 35.5. The number of aromatic nitrogens is 1. The number of carbonyl (C=O) groups is 1. The Morgan fingerprint density at radius 1 is 1.26 bits per heavy atom. The lowest BCUT2D eigenvalue weighted by molar-refractivity contribution is -0.120. The molecule has 0 spiro atoms. The van der Waals surface area contributed by atoms with Crippen LogP contribution in [0.5, 0.6) is 11.5 Å². The molecule has 0 radical (unpaired) electrons. The van der Waals surface area contributed by atoms with Crippen molar-refractivity contribution < 1.29 is 19.5 Å². The monoisotopic (exact) mass is 393 g/mol. The van der Waals surface area contributed by atoms with Gasteiger partial charge in [0.05, 0.1) is 17.0 Å². The average Bonchev–Trinajstić information content (AvgIpc) is 3.01. The van der Waals surface area contributed by atoms with Gasteiger partial charge in [0.25, 0.3) is 0 Å². The largest absolute Gasteiger partial charge is 0.507 e. The highest BCUT2D eigenvalue weighted by Crippen LogP contribution is 2.42. The lowest BCUT2D eigenvalue weighted by Crippen LogP contribution is -2.26. The molecule has 0 aliphatic heterocycles. The second kappa shape index (κ2) is 8.52. The van der Waals surface area contributed by atoms with Crippen molar-refractivity contribution in [2.45, 2.75) is 51.5 Å². The number of carbonyl (C=O) groups excluding carboxylic acids is 1. The van der Waals surface area contributed by atoms with Gasteiger partial charge in [-0.05, 0) is 25.8 Å². The molecule has 1 heterocycles. The van der Waals surface area contributed by atoms with Crippen molar-refractivity contribution in [3.8, 4) is 22.8 Å². The van der Waals surface area contributed by atoms with Crippen LogP contribution < -0.4 is 10.6 Å². The molecule has 0 bridgehead atoms. The van der Waals surface area contributed by atoms with Gasteiger partial charge in [0.2, 0.25) is 5.91 Å². The van der Waals surface area contributed by atoms with Crippen molar-refractivity contribution in [3.05, 3.63) is 22.8 Å². The predicted molar refractivity (Wildman–Crippen MR) is 103 cm³/mol. The van der Waals surface area contributed by atoms with E-state index < -0.39 is 0 Å². The van der Waals surface area contributed by atoms with Crippen LogP contribution >= 0.6 is 11.6 Å². The summed E-state index contributed by atoms with van der Waals surface area (Å²) in [5.41, 5.74) is 1.38. The molecule has 3 rings (SSSR count). The number of rotatable bonds is 6. The Bertz CT molecular complexity index is 816. The van der Waals surface area contributed by atoms with E-state index in [2.05, 4.69) is 15.8 Å². The normalized spacial score (nSPS) is 14.9. The first-order valence-corrected chi connectivity index (χ1v) is 9.61. The van der Waals surface area contributed by atoms with Gasteiger partial charge in [0.1, 0.15) is 22.9 Å². The van der Waals surface area contributed by atoms with E-state index in [4.69, 9.17) is 16.1 Å². The number of benzene rings is 1. The summed E-state index contributed by atoms with van der Waals surface area (Å²) in [4.78, 5) is 12.0. The van der Waals surface area contributed by atoms with Crippen molar-refractivity contribution in [3.63, 3.8) is 0 Å². The molecule has 0 unspecified atom stereocenters. The molecule has 146 valence electrons. The third-order valence-electron chi connectivity index (χ3n) is 4.73. The second-order valence-electron chi connectivity index (χ2n) is 6.76. The van der Waals surface area contributed by atoms with Gasteiger partial charge in [0, 0.05) is 18.7 Å². The summed E-state index contributed by atoms with van der Waals surface area (Å²) in [5.74, 6) is -0.248. The van der Waals surface area contributed by atoms with Gasteiger partial charge in [-0.25, -0.2) is 0 Å². The van der Waals surface area contributed by atoms with Gasteiger partial charge >= 0.3 is 0 Å². The Morgan fingerprint density at radius 3 is 2.70 bits per heavy atom. The maximum atomic E-state index is 12.0. The van der Waals surface area contributed by atoms with E-state index in [1.807, 2.05) is 6.92 Å². The highest BCUT2D eigenvalue weighted by Gasteiger charge is 2.25. The standard InChI is InChI=1S/C19H24ClN3O4/c1-2-21-17(26)9-14-18(22-11-6-4-3-5-7-11)19(27-23-14)12-8-13(20)16(25)10-15(12)24/h8,10-11,22,24-25H,2-7,9H2,1H3,(H,21,26). The van der Waals surface area contributed by atoms with Crippen LogP contribution in [0.15, 0.2) is 16.7 Å². The van der Waals surface area contributed by atoms with Crippen molar-refractivity contribution in [1.29, 1.82) is 0 Å². The molecule has 7 nitrogen and oxygen atoms in total. The van der Waals surface area contributed by atoms with E-state index in [1.165, 1.54) is 12.5 Å². The Morgan fingerprint density at radius 2 is 2.00 bits per heavy atom. The summed E-state index contributed by atoms with van der Waals surface area (Å²) in [6.45, 7) is 2.38. The number of hydrogen-bond donors (Lipinski definition) is 4. The lowest BCUT2D eigenvalue weighted by Gasteiger charge is -2.24. The zero-order chi connectivity index (χ0) is 19.4. The number of nitrogens with one attached hydrogen (secondary N) is 2. The van der Waals surface area contributed by atoms with Gasteiger partial charge in [-0.15, -0.1) is 0 Å². The SMILES string of the molecule is CCNC(=O)Cc1noc(-c2cc(Cl)c(O)cc2O)c1NC1CCCCC1. The van der Waals surface area contributed by atoms with Crippen LogP contribution in [-0.4, -0.2) is 33.9 Å². The average molecular weight is 394 g/mol. The topological polar surface area (TPSA) is 108 Å². The van der Waals surface area contributed by atoms with E-state index in [0.717, 1.165) is 31.7 Å². The summed E-state index contributed by atoms with van der Waals surface area (Å²) in [7, 11) is 0. The smallest absolute Gasteiger partial charge is 0.226 e. The number of nitrogens with zero attached hydrogens (tertiary/aromatic N) is 1. The molecular weight excluding hydrogens is 370 g/mol. The van der Waals surface area contributed by atoms with Crippen LogP contribution in [-0.2, 0) is 11.2 Å². The third-order valence-corrected chi connectivity index (χ3v) is 5.03. The number of phenolic OH excluding ortho intramolecular Hbond substituents is 2. The minimum atomic E-state index is -0.221. The lowest BCUT2D eigenvalue weighted by atomic mass is 9.95. The number of hydrogen-bond acceptors (Lipinski definition) is 6. The minimum Gasteiger partial charge on any atom is -0.507 e. The zero-order valence-electron chi connectivity index (χ0n) is 15.2. The summed E-state index contributed by atoms with van der Waals surface area (Å²) < 4.78 is 5.49. The van der Waals surface area contributed by atoms with Gasteiger partial charge in [-0.2, -0.15) is 0 Å². The molecule has 4 N–H and O–H groups in total. The van der Waals surface area contributed by atoms with Crippen molar-refractivity contribution in [2.24, 2.45) is 0 Å². The van der Waals surface area contributed by atoms with Crippen LogP contribution in [0.4, 0.5) is 5.69 Å². The fraction of sp³-hybridized carbons (Fsp3) is 0.474. The van der Waals surface area contributed by atoms with Crippen LogP contribution in [0.3, 0.4) is 0 Å². The maximum Gasteiger partial charge on any atom is 0.226 e. The van der Waals surface area contributed by atoms with Crippen LogP contribution in [0.25, 0.3) is 11.3 Å². The van der Waals surface area contributed by atoms with Crippen LogP contribution in [0.2, 0.25) is 5.02 Å². The molecule has 2 aromatic rings. The number of phenols is 2. The van der Waals surface area contributed by atoms with E-state index in [9.17, 15) is 15.0 Å². The molecule has 1 fully saturated rings. The fourth-order valence-corrected chi connectivity index (χ4v) is 3.54. The highest BCUT2D eigenvalue weighted by molar-refractivity contribution is 6.32. The van der Waals surface area contributed by atoms with E-state index in [0.29, 0.717) is 29.2 Å². The Labute approximate surface area is 162 Å². The van der Waals surface area contributed by atoms with E-state index in [-0.39, 0.29) is 34.9 Å². The first-order valence-electron chi connectivity index (χ1n) is 9.23. The molecule has 0 saturated heterocycles. The maximum absolute atomic E-state index is 12.0. The Hall–Kier alpha value is -2.41. The first-order chi connectivity index (χ1) is 13.0. The first kappa shape index (κ1) is 19.4. The van der Waals surface area contributed by atoms with Crippen molar-refractivity contribution in [2.75, 3.05) is 11.9 Å². The van der Waals surface area contributed by atoms with E-state index >= 15 is 0 Å². The van der Waals surface area contributed by atoms with Crippen molar-refractivity contribution in [1.82, 2.24) is 10.5 Å². The summed E-state index contributed by atoms with van der Waals surface area (Å²) in [6, 6.07) is 2.84. The molecule has 1 amide bonds. The molecule has 1 aromatic carbocycles. The summed E-state index contributed by atoms with van der Waals surface area (Å²) >= 11 is 6.00. The minimum absolute atomic E-state index is 0.0684. The second-order valence-corrected chi connectivity index (χ2v) is 7.17. The number of halogens is 1. The molecule has 1 aliphatic rings. The molecule has 8 heteroatoms. The Balaban J connectivity index is 1.98. The molecule has 1 saturated carbocycles. The van der Waals surface area contributed by atoms with Gasteiger partial charge in [-0.1, -0.05) is 36.0 Å². The number of amides is 1. The fourth-order valence-electron chi connectivity index (χ4n) is 3.37. The summed E-state index contributed by atoms with van der Waals surface area (Å²) in [5, 5.41) is 30.3. The Kier molecular flexibility index (Phi) is 6.11. The van der Waals surface area contributed by atoms with Gasteiger partial charge < -0.3 is 25.4 Å². The third kappa shape index (κ3) is 4.47. The van der Waals surface area contributed by atoms with Crippen LogP contribution in [0, 0.1) is 0 Å². The molecule has 27 heavy (non-hydrogen) atoms. The number of aromatic hydroxyl groups is 2. The number of likely N-dealkylation sites (N-methyl/N-ethyl adjacent to an activating group) is 1. The van der Waals surface area contributed by atoms with Crippen molar-refractivity contribution >= 4 is 23.2 Å². The molecule has 1 aromatic heterocycles. The van der Waals surface area contributed by atoms with Gasteiger partial charge in [0.15, 0.2) is 5.76 Å². The zero-order valence-corrected chi connectivity index (χ0v) is 16.0. The molecule has 1 aliphatic carbocycles. The molecule has 0 atom stereocenters. The molecular formula is C19H24ClN3O4. The van der Waals surface area contributed by atoms with Crippen LogP contribution in [0.1, 0.15) is 44.7 Å².